The highest BCUT2D eigenvalue weighted by atomic mass is 16.4. The molecule has 0 aromatic heterocycles. The Kier molecular flexibility index (Phi) is 4.94. The first kappa shape index (κ1) is 11.5. The zero-order valence-corrected chi connectivity index (χ0v) is 8.96. The van der Waals surface area contributed by atoms with E-state index in [0.717, 1.165) is 18.8 Å². The quantitative estimate of drug-likeness (QED) is 0.681. The van der Waals surface area contributed by atoms with Crippen LogP contribution in [0.15, 0.2) is 0 Å². The number of carboxylic acid groups (broad SMARTS) is 1. The lowest BCUT2D eigenvalue weighted by Crippen LogP contribution is -2.33. The molecule has 0 aromatic rings. The molecule has 0 aliphatic heterocycles. The van der Waals surface area contributed by atoms with Crippen molar-refractivity contribution in [2.75, 3.05) is 6.54 Å². The molecule has 82 valence electrons. The van der Waals surface area contributed by atoms with Crippen LogP contribution in [-0.4, -0.2) is 23.7 Å². The summed E-state index contributed by atoms with van der Waals surface area (Å²) in [5.41, 5.74) is 0. The number of aliphatic carboxylic acids is 1. The maximum atomic E-state index is 10.4. The molecule has 2 atom stereocenters. The van der Waals surface area contributed by atoms with Crippen LogP contribution >= 0.6 is 0 Å². The minimum atomic E-state index is -0.749. The summed E-state index contributed by atoms with van der Waals surface area (Å²) in [5, 5.41) is 11.7. The van der Waals surface area contributed by atoms with Crippen molar-refractivity contribution < 1.29 is 9.90 Å². The van der Waals surface area contributed by atoms with Gasteiger partial charge in [-0.3, -0.25) is 4.79 Å². The SMILES string of the molecule is CCC1CCCC(NCC(=O)O)CC1. The molecular weight excluding hydrogens is 178 g/mol. The highest BCUT2D eigenvalue weighted by Crippen LogP contribution is 2.25. The van der Waals surface area contributed by atoms with Crippen LogP contribution in [0.2, 0.25) is 0 Å². The van der Waals surface area contributed by atoms with Crippen LogP contribution in [0.25, 0.3) is 0 Å². The van der Waals surface area contributed by atoms with E-state index in [2.05, 4.69) is 12.2 Å². The summed E-state index contributed by atoms with van der Waals surface area (Å²) in [5.74, 6) is 0.118. The lowest BCUT2D eigenvalue weighted by atomic mass is 9.98. The van der Waals surface area contributed by atoms with Crippen molar-refractivity contribution in [3.05, 3.63) is 0 Å². The number of carbonyl (C=O) groups is 1. The predicted octanol–water partition coefficient (Wildman–Crippen LogP) is 2.02. The molecule has 0 saturated heterocycles. The second kappa shape index (κ2) is 6.02. The van der Waals surface area contributed by atoms with E-state index < -0.39 is 5.97 Å². The normalized spacial score (nSPS) is 28.4. The maximum Gasteiger partial charge on any atom is 0.317 e. The lowest BCUT2D eigenvalue weighted by Gasteiger charge is -2.14. The Balaban J connectivity index is 2.23. The summed E-state index contributed by atoms with van der Waals surface area (Å²) in [7, 11) is 0. The summed E-state index contributed by atoms with van der Waals surface area (Å²) in [6, 6.07) is 0.433. The van der Waals surface area contributed by atoms with Crippen molar-refractivity contribution in [2.24, 2.45) is 5.92 Å². The standard InChI is InChI=1S/C11H21NO2/c1-2-9-4-3-5-10(7-6-9)12-8-11(13)14/h9-10,12H,2-8H2,1H3,(H,13,14). The molecule has 1 rings (SSSR count). The Morgan fingerprint density at radius 1 is 1.36 bits per heavy atom. The first-order chi connectivity index (χ1) is 6.72. The molecule has 14 heavy (non-hydrogen) atoms. The van der Waals surface area contributed by atoms with Gasteiger partial charge in [0.05, 0.1) is 6.54 Å². The molecule has 3 nitrogen and oxygen atoms in total. The fourth-order valence-electron chi connectivity index (χ4n) is 2.22. The van der Waals surface area contributed by atoms with Crippen LogP contribution in [0.4, 0.5) is 0 Å². The third kappa shape index (κ3) is 4.09. The van der Waals surface area contributed by atoms with Gasteiger partial charge in [0.25, 0.3) is 0 Å². The highest BCUT2D eigenvalue weighted by Gasteiger charge is 2.17. The van der Waals surface area contributed by atoms with E-state index in [1.165, 1.54) is 25.7 Å². The van der Waals surface area contributed by atoms with E-state index in [1.807, 2.05) is 0 Å². The topological polar surface area (TPSA) is 49.3 Å². The van der Waals surface area contributed by atoms with E-state index in [9.17, 15) is 4.79 Å². The Labute approximate surface area is 85.9 Å². The summed E-state index contributed by atoms with van der Waals surface area (Å²) < 4.78 is 0. The maximum absolute atomic E-state index is 10.4. The molecule has 0 amide bonds. The van der Waals surface area contributed by atoms with Gasteiger partial charge in [0.15, 0.2) is 0 Å². The fraction of sp³-hybridized carbons (Fsp3) is 0.909. The summed E-state index contributed by atoms with van der Waals surface area (Å²) in [6.45, 7) is 2.36. The summed E-state index contributed by atoms with van der Waals surface area (Å²) in [6.07, 6.45) is 7.38. The van der Waals surface area contributed by atoms with Crippen molar-refractivity contribution >= 4 is 5.97 Å². The molecule has 2 N–H and O–H groups in total. The minimum Gasteiger partial charge on any atom is -0.480 e. The van der Waals surface area contributed by atoms with Gasteiger partial charge in [-0.05, 0) is 25.2 Å². The Morgan fingerprint density at radius 3 is 2.79 bits per heavy atom. The molecule has 1 aliphatic carbocycles. The van der Waals surface area contributed by atoms with Crippen LogP contribution in [-0.2, 0) is 4.79 Å². The van der Waals surface area contributed by atoms with E-state index in [0.29, 0.717) is 6.04 Å². The van der Waals surface area contributed by atoms with Gasteiger partial charge in [0.1, 0.15) is 0 Å². The van der Waals surface area contributed by atoms with Gasteiger partial charge >= 0.3 is 5.97 Å². The molecule has 0 heterocycles. The van der Waals surface area contributed by atoms with Crippen LogP contribution in [0.1, 0.15) is 45.4 Å². The van der Waals surface area contributed by atoms with Crippen molar-refractivity contribution in [3.8, 4) is 0 Å². The molecule has 2 unspecified atom stereocenters. The molecule has 1 aliphatic rings. The zero-order chi connectivity index (χ0) is 10.4. The zero-order valence-electron chi connectivity index (χ0n) is 8.96. The van der Waals surface area contributed by atoms with E-state index in [4.69, 9.17) is 5.11 Å². The lowest BCUT2D eigenvalue weighted by molar-refractivity contribution is -0.136. The third-order valence-corrected chi connectivity index (χ3v) is 3.21. The fourth-order valence-corrected chi connectivity index (χ4v) is 2.22. The molecule has 1 saturated carbocycles. The van der Waals surface area contributed by atoms with Crippen LogP contribution in [0.5, 0.6) is 0 Å². The first-order valence-corrected chi connectivity index (χ1v) is 5.67. The van der Waals surface area contributed by atoms with E-state index in [-0.39, 0.29) is 6.54 Å². The van der Waals surface area contributed by atoms with Gasteiger partial charge in [0, 0.05) is 6.04 Å². The predicted molar refractivity (Wildman–Crippen MR) is 56.3 cm³/mol. The molecule has 0 spiro atoms. The van der Waals surface area contributed by atoms with Gasteiger partial charge in [-0.25, -0.2) is 0 Å². The number of nitrogens with one attached hydrogen (secondary N) is 1. The van der Waals surface area contributed by atoms with Gasteiger partial charge in [0.2, 0.25) is 0 Å². The summed E-state index contributed by atoms with van der Waals surface area (Å²) >= 11 is 0. The van der Waals surface area contributed by atoms with Crippen molar-refractivity contribution in [1.82, 2.24) is 5.32 Å². The number of carboxylic acids is 1. The van der Waals surface area contributed by atoms with Crippen LogP contribution in [0, 0.1) is 5.92 Å². The molecule has 1 fully saturated rings. The molecule has 0 radical (unpaired) electrons. The average molecular weight is 199 g/mol. The molecule has 0 bridgehead atoms. The first-order valence-electron chi connectivity index (χ1n) is 5.67. The second-order valence-electron chi connectivity index (χ2n) is 4.25. The van der Waals surface area contributed by atoms with Crippen molar-refractivity contribution in [3.63, 3.8) is 0 Å². The van der Waals surface area contributed by atoms with E-state index >= 15 is 0 Å². The van der Waals surface area contributed by atoms with Crippen LogP contribution < -0.4 is 5.32 Å². The Morgan fingerprint density at radius 2 is 2.14 bits per heavy atom. The van der Waals surface area contributed by atoms with Gasteiger partial charge in [-0.15, -0.1) is 0 Å². The minimum absolute atomic E-state index is 0.113. The third-order valence-electron chi connectivity index (χ3n) is 3.21. The average Bonchev–Trinajstić information content (AvgIpc) is 2.39. The summed E-state index contributed by atoms with van der Waals surface area (Å²) in [4.78, 5) is 10.4. The molecular formula is C11H21NO2. The smallest absolute Gasteiger partial charge is 0.317 e. The van der Waals surface area contributed by atoms with Gasteiger partial charge < -0.3 is 10.4 Å². The Hall–Kier alpha value is -0.570. The van der Waals surface area contributed by atoms with Gasteiger partial charge in [-0.2, -0.15) is 0 Å². The van der Waals surface area contributed by atoms with Crippen molar-refractivity contribution in [2.45, 2.75) is 51.5 Å². The largest absolute Gasteiger partial charge is 0.480 e. The van der Waals surface area contributed by atoms with Crippen LogP contribution in [0.3, 0.4) is 0 Å². The second-order valence-corrected chi connectivity index (χ2v) is 4.25. The van der Waals surface area contributed by atoms with Gasteiger partial charge in [-0.1, -0.05) is 26.2 Å². The monoisotopic (exact) mass is 199 g/mol. The van der Waals surface area contributed by atoms with Crippen molar-refractivity contribution in [1.29, 1.82) is 0 Å². The molecule has 3 heteroatoms. The molecule has 0 aromatic carbocycles. The van der Waals surface area contributed by atoms with E-state index in [1.54, 1.807) is 0 Å². The highest BCUT2D eigenvalue weighted by molar-refractivity contribution is 5.69. The Bertz CT molecular complexity index is 182. The number of hydrogen-bond donors (Lipinski definition) is 2. The number of rotatable bonds is 4. The number of hydrogen-bond acceptors (Lipinski definition) is 2.